The number of ether oxygens (including phenoxy) is 1. The number of nitrogens with zero attached hydrogens (tertiary/aromatic N) is 3. The summed E-state index contributed by atoms with van der Waals surface area (Å²) >= 11 is 0. The van der Waals surface area contributed by atoms with Crippen LogP contribution in [-0.4, -0.2) is 27.2 Å². The third-order valence-electron chi connectivity index (χ3n) is 3.92. The van der Waals surface area contributed by atoms with Crippen LogP contribution in [-0.2, 0) is 12.8 Å². The van der Waals surface area contributed by atoms with Crippen LogP contribution in [0.5, 0.6) is 5.75 Å². The van der Waals surface area contributed by atoms with E-state index in [4.69, 9.17) is 9.26 Å². The molecule has 26 heavy (non-hydrogen) atoms. The summed E-state index contributed by atoms with van der Waals surface area (Å²) in [6.07, 6.45) is 0.879. The molecular formula is C18H14F2N4O2. The zero-order chi connectivity index (χ0) is 18.1. The molecule has 0 atom stereocenters. The van der Waals surface area contributed by atoms with Crippen LogP contribution in [0.3, 0.4) is 0 Å². The van der Waals surface area contributed by atoms with Crippen molar-refractivity contribution in [2.24, 2.45) is 0 Å². The predicted octanol–water partition coefficient (Wildman–Crippen LogP) is 3.68. The average Bonchev–Trinajstić information content (AvgIpc) is 3.27. The number of aryl methyl sites for hydroxylation is 2. The first-order chi connectivity index (χ1) is 12.6. The van der Waals surface area contributed by atoms with Crippen molar-refractivity contribution in [3.05, 3.63) is 59.7 Å². The predicted molar refractivity (Wildman–Crippen MR) is 89.7 cm³/mol. The van der Waals surface area contributed by atoms with Crippen molar-refractivity contribution in [1.82, 2.24) is 20.1 Å². The van der Waals surface area contributed by atoms with Crippen molar-refractivity contribution in [3.8, 4) is 17.2 Å². The number of hydrogen-bond donors (Lipinski definition) is 1. The number of halogens is 2. The Morgan fingerprint density at radius 3 is 2.85 bits per heavy atom. The number of H-pyrrole nitrogens is 1. The standard InChI is InChI=1S/C18H14F2N4O2/c1-25-12-4-2-3-10(7-12)18-23-16(24-26-18)6-5-15-21-14-9-11(19)8-13(20)17(14)22-15/h2-4,7-9H,5-6H2,1H3,(H,21,22). The van der Waals surface area contributed by atoms with Crippen LogP contribution in [0.2, 0.25) is 0 Å². The lowest BCUT2D eigenvalue weighted by Crippen LogP contribution is -1.95. The fourth-order valence-electron chi connectivity index (χ4n) is 2.67. The molecule has 6 nitrogen and oxygen atoms in total. The summed E-state index contributed by atoms with van der Waals surface area (Å²) < 4.78 is 37.4. The number of fused-ring (bicyclic) bond motifs is 1. The summed E-state index contributed by atoms with van der Waals surface area (Å²) in [5, 5.41) is 3.95. The maximum Gasteiger partial charge on any atom is 0.258 e. The van der Waals surface area contributed by atoms with Gasteiger partial charge in [0.2, 0.25) is 0 Å². The molecule has 0 spiro atoms. The molecule has 0 saturated heterocycles. The van der Waals surface area contributed by atoms with E-state index in [2.05, 4.69) is 20.1 Å². The van der Waals surface area contributed by atoms with E-state index in [1.807, 2.05) is 18.2 Å². The molecule has 0 aliphatic heterocycles. The van der Waals surface area contributed by atoms with Gasteiger partial charge in [-0.25, -0.2) is 13.8 Å². The minimum Gasteiger partial charge on any atom is -0.497 e. The van der Waals surface area contributed by atoms with Crippen molar-refractivity contribution in [2.75, 3.05) is 7.11 Å². The molecule has 0 unspecified atom stereocenters. The van der Waals surface area contributed by atoms with Crippen molar-refractivity contribution in [2.45, 2.75) is 12.8 Å². The van der Waals surface area contributed by atoms with Crippen molar-refractivity contribution >= 4 is 11.0 Å². The van der Waals surface area contributed by atoms with E-state index in [0.717, 1.165) is 11.6 Å². The lowest BCUT2D eigenvalue weighted by Gasteiger charge is -1.99. The number of methoxy groups -OCH3 is 1. The molecule has 0 saturated carbocycles. The summed E-state index contributed by atoms with van der Waals surface area (Å²) in [6, 6.07) is 9.32. The van der Waals surface area contributed by atoms with E-state index in [-0.39, 0.29) is 5.52 Å². The molecule has 2 heterocycles. The molecule has 4 aromatic rings. The number of imidazole rings is 1. The zero-order valence-corrected chi connectivity index (χ0v) is 13.8. The Hall–Kier alpha value is -3.29. The smallest absolute Gasteiger partial charge is 0.258 e. The van der Waals surface area contributed by atoms with E-state index in [1.165, 1.54) is 6.07 Å². The fourth-order valence-corrected chi connectivity index (χ4v) is 2.67. The van der Waals surface area contributed by atoms with Gasteiger partial charge in [-0.1, -0.05) is 11.2 Å². The zero-order valence-electron chi connectivity index (χ0n) is 13.8. The maximum atomic E-state index is 13.7. The van der Waals surface area contributed by atoms with Crippen molar-refractivity contribution in [1.29, 1.82) is 0 Å². The summed E-state index contributed by atoms with van der Waals surface area (Å²) in [6.45, 7) is 0. The van der Waals surface area contributed by atoms with Gasteiger partial charge in [-0.15, -0.1) is 0 Å². The van der Waals surface area contributed by atoms with E-state index < -0.39 is 11.6 Å². The third kappa shape index (κ3) is 3.13. The number of hydrogen-bond acceptors (Lipinski definition) is 5. The van der Waals surface area contributed by atoms with E-state index >= 15 is 0 Å². The van der Waals surface area contributed by atoms with Gasteiger partial charge in [0.05, 0.1) is 12.6 Å². The van der Waals surface area contributed by atoms with Crippen LogP contribution in [0.4, 0.5) is 8.78 Å². The lowest BCUT2D eigenvalue weighted by molar-refractivity contribution is 0.412. The molecule has 2 aromatic heterocycles. The highest BCUT2D eigenvalue weighted by molar-refractivity contribution is 5.75. The molecule has 4 rings (SSSR count). The second kappa shape index (κ2) is 6.55. The highest BCUT2D eigenvalue weighted by Crippen LogP contribution is 2.22. The van der Waals surface area contributed by atoms with Gasteiger partial charge in [-0.3, -0.25) is 0 Å². The summed E-state index contributed by atoms with van der Waals surface area (Å²) in [7, 11) is 1.58. The molecule has 0 amide bonds. The molecule has 0 radical (unpaired) electrons. The molecule has 1 N–H and O–H groups in total. The second-order valence-electron chi connectivity index (χ2n) is 5.71. The van der Waals surface area contributed by atoms with Crippen LogP contribution in [0, 0.1) is 11.6 Å². The quantitative estimate of drug-likeness (QED) is 0.590. The first kappa shape index (κ1) is 16.2. The highest BCUT2D eigenvalue weighted by atomic mass is 19.1. The topological polar surface area (TPSA) is 76.8 Å². The van der Waals surface area contributed by atoms with Crippen LogP contribution in [0.15, 0.2) is 40.9 Å². The summed E-state index contributed by atoms with van der Waals surface area (Å²) in [5.41, 5.74) is 1.19. The SMILES string of the molecule is COc1cccc(-c2nc(CCc3nc4c(F)cc(F)cc4[nH]3)no2)c1. The van der Waals surface area contributed by atoms with Gasteiger partial charge in [-0.05, 0) is 24.3 Å². The molecule has 0 aliphatic carbocycles. The second-order valence-corrected chi connectivity index (χ2v) is 5.71. The average molecular weight is 356 g/mol. The first-order valence-corrected chi connectivity index (χ1v) is 7.93. The molecule has 8 heteroatoms. The number of nitrogens with one attached hydrogen (secondary N) is 1. The molecule has 0 bridgehead atoms. The molecule has 0 aliphatic rings. The van der Waals surface area contributed by atoms with Gasteiger partial charge in [0, 0.05) is 24.5 Å². The van der Waals surface area contributed by atoms with Crippen LogP contribution in [0.25, 0.3) is 22.5 Å². The van der Waals surface area contributed by atoms with Gasteiger partial charge in [0.15, 0.2) is 11.6 Å². The van der Waals surface area contributed by atoms with Crippen LogP contribution >= 0.6 is 0 Å². The monoisotopic (exact) mass is 356 g/mol. The number of benzene rings is 2. The van der Waals surface area contributed by atoms with E-state index in [1.54, 1.807) is 13.2 Å². The largest absolute Gasteiger partial charge is 0.497 e. The van der Waals surface area contributed by atoms with Crippen molar-refractivity contribution < 1.29 is 18.0 Å². The molecule has 2 aromatic carbocycles. The van der Waals surface area contributed by atoms with E-state index in [0.29, 0.717) is 41.6 Å². The molecule has 132 valence electrons. The lowest BCUT2D eigenvalue weighted by atomic mass is 10.2. The van der Waals surface area contributed by atoms with E-state index in [9.17, 15) is 8.78 Å². The minimum absolute atomic E-state index is 0.117. The van der Waals surface area contributed by atoms with Gasteiger partial charge in [0.1, 0.15) is 22.9 Å². The maximum absolute atomic E-state index is 13.7. The Balaban J connectivity index is 1.50. The number of aromatic nitrogens is 4. The van der Waals surface area contributed by atoms with Gasteiger partial charge < -0.3 is 14.2 Å². The Morgan fingerprint density at radius 2 is 2.00 bits per heavy atom. The fraction of sp³-hybridized carbons (Fsp3) is 0.167. The minimum atomic E-state index is -0.692. The van der Waals surface area contributed by atoms with Gasteiger partial charge in [0.25, 0.3) is 5.89 Å². The van der Waals surface area contributed by atoms with Crippen LogP contribution in [0.1, 0.15) is 11.6 Å². The first-order valence-electron chi connectivity index (χ1n) is 7.93. The molecular weight excluding hydrogens is 342 g/mol. The Labute approximate surface area is 146 Å². The van der Waals surface area contributed by atoms with Crippen molar-refractivity contribution in [3.63, 3.8) is 0 Å². The number of rotatable bonds is 5. The van der Waals surface area contributed by atoms with Gasteiger partial charge in [-0.2, -0.15) is 4.98 Å². The number of aromatic amines is 1. The summed E-state index contributed by atoms with van der Waals surface area (Å²) in [4.78, 5) is 11.4. The van der Waals surface area contributed by atoms with Gasteiger partial charge >= 0.3 is 0 Å². The normalized spacial score (nSPS) is 11.2. The molecule has 0 fully saturated rings. The third-order valence-corrected chi connectivity index (χ3v) is 3.92. The van der Waals surface area contributed by atoms with Crippen LogP contribution < -0.4 is 4.74 Å². The Morgan fingerprint density at radius 1 is 1.12 bits per heavy atom. The Kier molecular flexibility index (Phi) is 4.08. The summed E-state index contributed by atoms with van der Waals surface area (Å²) in [5.74, 6) is 0.760. The Bertz CT molecular complexity index is 1070. The highest BCUT2D eigenvalue weighted by Gasteiger charge is 2.13.